The summed E-state index contributed by atoms with van der Waals surface area (Å²) in [4.78, 5) is 15.3. The summed E-state index contributed by atoms with van der Waals surface area (Å²) in [6.07, 6.45) is 12.0. The van der Waals surface area contributed by atoms with Crippen molar-refractivity contribution in [3.05, 3.63) is 70.8 Å². The van der Waals surface area contributed by atoms with E-state index in [0.717, 1.165) is 63.7 Å². The highest BCUT2D eigenvalue weighted by molar-refractivity contribution is 7.90. The van der Waals surface area contributed by atoms with Crippen molar-refractivity contribution in [3.63, 3.8) is 0 Å². The van der Waals surface area contributed by atoms with Crippen molar-refractivity contribution < 1.29 is 13.2 Å². The number of nitrogens with one attached hydrogen (secondary N) is 1. The molecule has 0 atom stereocenters. The van der Waals surface area contributed by atoms with Gasteiger partial charge in [0.1, 0.15) is 0 Å². The number of benzene rings is 2. The lowest BCUT2D eigenvalue weighted by Gasteiger charge is -2.30. The standard InChI is InChI=1S/C29H35N3O3S/c1-36(34,35)28-12-9-25-15-18-32(19-16-26(25)20-28)17-14-23-6-10-27(11-7-23)31-29(33)13-8-22-2-4-24(21-30)5-3-22/h2-5,8-9,12-13,20,23,27H,6-7,10-11,14-19H2,1H3,(H,31,33)/b13-8+. The molecular formula is C29H35N3O3S. The van der Waals surface area contributed by atoms with Gasteiger partial charge in [-0.05, 0) is 104 Å². The number of rotatable bonds is 7. The molecule has 0 radical (unpaired) electrons. The number of hydrogen-bond donors (Lipinski definition) is 1. The van der Waals surface area contributed by atoms with Crippen LogP contribution in [-0.2, 0) is 27.5 Å². The molecule has 2 aromatic carbocycles. The zero-order valence-electron chi connectivity index (χ0n) is 20.9. The number of nitriles is 1. The van der Waals surface area contributed by atoms with E-state index in [9.17, 15) is 13.2 Å². The highest BCUT2D eigenvalue weighted by Crippen LogP contribution is 2.28. The highest BCUT2D eigenvalue weighted by Gasteiger charge is 2.23. The summed E-state index contributed by atoms with van der Waals surface area (Å²) >= 11 is 0. The van der Waals surface area contributed by atoms with Crippen molar-refractivity contribution in [1.29, 1.82) is 5.26 Å². The van der Waals surface area contributed by atoms with E-state index in [2.05, 4.69) is 16.3 Å². The minimum absolute atomic E-state index is 0.0639. The molecule has 0 bridgehead atoms. The normalized spacial score (nSPS) is 20.9. The monoisotopic (exact) mass is 505 g/mol. The summed E-state index contributed by atoms with van der Waals surface area (Å²) in [5.41, 5.74) is 3.96. The van der Waals surface area contributed by atoms with Gasteiger partial charge in [-0.1, -0.05) is 18.2 Å². The molecule has 4 rings (SSSR count). The van der Waals surface area contributed by atoms with Gasteiger partial charge in [0.05, 0.1) is 16.5 Å². The Bertz CT molecular complexity index is 1240. The van der Waals surface area contributed by atoms with Crippen LogP contribution in [0.5, 0.6) is 0 Å². The maximum atomic E-state index is 12.3. The molecule has 2 aliphatic rings. The molecule has 36 heavy (non-hydrogen) atoms. The molecule has 190 valence electrons. The molecule has 1 saturated carbocycles. The molecule has 1 amide bonds. The van der Waals surface area contributed by atoms with E-state index in [-0.39, 0.29) is 11.9 Å². The molecule has 1 aliphatic heterocycles. The lowest BCUT2D eigenvalue weighted by Crippen LogP contribution is -2.37. The smallest absolute Gasteiger partial charge is 0.244 e. The SMILES string of the molecule is CS(=O)(=O)c1ccc2c(c1)CCN(CCC1CCC(NC(=O)/C=C/c3ccc(C#N)cc3)CC1)CC2. The van der Waals surface area contributed by atoms with Crippen LogP contribution in [0.4, 0.5) is 0 Å². The van der Waals surface area contributed by atoms with Crippen molar-refractivity contribution in [2.45, 2.75) is 55.9 Å². The van der Waals surface area contributed by atoms with Gasteiger partial charge in [-0.3, -0.25) is 4.79 Å². The first kappa shape index (κ1) is 26.1. The first-order valence-electron chi connectivity index (χ1n) is 12.8. The summed E-state index contributed by atoms with van der Waals surface area (Å²) in [7, 11) is -3.17. The Kier molecular flexibility index (Phi) is 8.60. The molecular weight excluding hydrogens is 470 g/mol. The summed E-state index contributed by atoms with van der Waals surface area (Å²) < 4.78 is 23.8. The fourth-order valence-electron chi connectivity index (χ4n) is 5.25. The van der Waals surface area contributed by atoms with Crippen LogP contribution >= 0.6 is 0 Å². The second kappa shape index (κ2) is 11.9. The first-order chi connectivity index (χ1) is 17.3. The number of carbonyl (C=O) groups is 1. The van der Waals surface area contributed by atoms with Crippen molar-refractivity contribution in [2.24, 2.45) is 5.92 Å². The third-order valence-electron chi connectivity index (χ3n) is 7.51. The van der Waals surface area contributed by atoms with Gasteiger partial charge in [0.25, 0.3) is 0 Å². The lowest BCUT2D eigenvalue weighted by molar-refractivity contribution is -0.117. The molecule has 1 fully saturated rings. The fourth-order valence-corrected chi connectivity index (χ4v) is 5.92. The van der Waals surface area contributed by atoms with Gasteiger partial charge in [0, 0.05) is 31.5 Å². The number of nitrogens with zero attached hydrogens (tertiary/aromatic N) is 2. The molecule has 1 N–H and O–H groups in total. The molecule has 1 aliphatic carbocycles. The van der Waals surface area contributed by atoms with Crippen LogP contribution in [0.25, 0.3) is 6.08 Å². The molecule has 7 heteroatoms. The van der Waals surface area contributed by atoms with E-state index in [1.165, 1.54) is 23.8 Å². The lowest BCUT2D eigenvalue weighted by atomic mass is 9.84. The summed E-state index contributed by atoms with van der Waals surface area (Å²) in [5.74, 6) is 0.626. The van der Waals surface area contributed by atoms with E-state index >= 15 is 0 Å². The van der Waals surface area contributed by atoms with Gasteiger partial charge in [-0.25, -0.2) is 8.42 Å². The van der Waals surface area contributed by atoms with Gasteiger partial charge in [-0.2, -0.15) is 5.26 Å². The topological polar surface area (TPSA) is 90.3 Å². The second-order valence-electron chi connectivity index (χ2n) is 10.1. The Morgan fingerprint density at radius 2 is 1.75 bits per heavy atom. The molecule has 6 nitrogen and oxygen atoms in total. The van der Waals surface area contributed by atoms with Gasteiger partial charge in [0.2, 0.25) is 5.91 Å². The minimum atomic E-state index is -3.17. The Morgan fingerprint density at radius 3 is 2.42 bits per heavy atom. The van der Waals surface area contributed by atoms with E-state index in [0.29, 0.717) is 16.4 Å². The fraction of sp³-hybridized carbons (Fsp3) is 0.448. The van der Waals surface area contributed by atoms with Crippen LogP contribution in [0.15, 0.2) is 53.4 Å². The van der Waals surface area contributed by atoms with Crippen LogP contribution in [0.1, 0.15) is 54.4 Å². The number of sulfone groups is 1. The van der Waals surface area contributed by atoms with Crippen LogP contribution in [-0.4, -0.2) is 51.2 Å². The third kappa shape index (κ3) is 7.28. The Hall–Kier alpha value is -2.95. The molecule has 0 unspecified atom stereocenters. The van der Waals surface area contributed by atoms with Crippen molar-refractivity contribution in [2.75, 3.05) is 25.9 Å². The van der Waals surface area contributed by atoms with Crippen LogP contribution in [0.3, 0.4) is 0 Å². The number of amides is 1. The first-order valence-corrected chi connectivity index (χ1v) is 14.7. The summed E-state index contributed by atoms with van der Waals surface area (Å²) in [6, 6.07) is 15.1. The highest BCUT2D eigenvalue weighted by atomic mass is 32.2. The minimum Gasteiger partial charge on any atom is -0.350 e. The van der Waals surface area contributed by atoms with Crippen LogP contribution in [0.2, 0.25) is 0 Å². The Morgan fingerprint density at radius 1 is 1.06 bits per heavy atom. The molecule has 1 heterocycles. The predicted molar refractivity (Wildman–Crippen MR) is 142 cm³/mol. The van der Waals surface area contributed by atoms with E-state index in [1.807, 2.05) is 24.3 Å². The summed E-state index contributed by atoms with van der Waals surface area (Å²) in [5, 5.41) is 12.0. The van der Waals surface area contributed by atoms with Gasteiger partial charge >= 0.3 is 0 Å². The van der Waals surface area contributed by atoms with Crippen molar-refractivity contribution in [3.8, 4) is 6.07 Å². The molecule has 0 aromatic heterocycles. The maximum Gasteiger partial charge on any atom is 0.244 e. The number of hydrogen-bond acceptors (Lipinski definition) is 5. The molecule has 2 aromatic rings. The number of carbonyl (C=O) groups excluding carboxylic acids is 1. The van der Waals surface area contributed by atoms with Crippen molar-refractivity contribution >= 4 is 21.8 Å². The molecule has 0 saturated heterocycles. The van der Waals surface area contributed by atoms with Gasteiger partial charge < -0.3 is 10.2 Å². The zero-order chi connectivity index (χ0) is 25.5. The van der Waals surface area contributed by atoms with Gasteiger partial charge in [0.15, 0.2) is 9.84 Å². The zero-order valence-corrected chi connectivity index (χ0v) is 21.8. The third-order valence-corrected chi connectivity index (χ3v) is 8.62. The van der Waals surface area contributed by atoms with Crippen LogP contribution in [0, 0.1) is 17.2 Å². The average molecular weight is 506 g/mol. The largest absolute Gasteiger partial charge is 0.350 e. The van der Waals surface area contributed by atoms with E-state index in [1.54, 1.807) is 30.4 Å². The second-order valence-corrected chi connectivity index (χ2v) is 12.1. The van der Waals surface area contributed by atoms with E-state index in [4.69, 9.17) is 5.26 Å². The van der Waals surface area contributed by atoms with Gasteiger partial charge in [-0.15, -0.1) is 0 Å². The van der Waals surface area contributed by atoms with Crippen LogP contribution < -0.4 is 5.32 Å². The Labute approximate surface area is 214 Å². The maximum absolute atomic E-state index is 12.3. The quantitative estimate of drug-likeness (QED) is 0.571. The number of fused-ring (bicyclic) bond motifs is 1. The Balaban J connectivity index is 1.17. The van der Waals surface area contributed by atoms with E-state index < -0.39 is 9.84 Å². The summed E-state index contributed by atoms with van der Waals surface area (Å²) in [6.45, 7) is 3.06. The van der Waals surface area contributed by atoms with Crippen molar-refractivity contribution in [1.82, 2.24) is 10.2 Å². The molecule has 0 spiro atoms. The average Bonchev–Trinajstić information content (AvgIpc) is 3.09. The predicted octanol–water partition coefficient (Wildman–Crippen LogP) is 4.14.